The summed E-state index contributed by atoms with van der Waals surface area (Å²) >= 11 is 0. The maximum Gasteiger partial charge on any atom is 0.224 e. The number of hydrogen-bond donors (Lipinski definition) is 2. The molecule has 0 spiro atoms. The summed E-state index contributed by atoms with van der Waals surface area (Å²) in [6, 6.07) is 0. The molecule has 3 N–H and O–H groups in total. The molecule has 0 aromatic carbocycles. The largest absolute Gasteiger partial charge is 0.349 e. The molecule has 1 amide bonds. The van der Waals surface area contributed by atoms with E-state index >= 15 is 0 Å². The summed E-state index contributed by atoms with van der Waals surface area (Å²) in [6.07, 6.45) is 4.41. The van der Waals surface area contributed by atoms with Crippen LogP contribution in [0.2, 0.25) is 0 Å². The maximum atomic E-state index is 12.6. The van der Waals surface area contributed by atoms with Gasteiger partial charge in [0.25, 0.3) is 0 Å². The van der Waals surface area contributed by atoms with E-state index in [0.717, 1.165) is 18.8 Å². The van der Waals surface area contributed by atoms with E-state index in [1.165, 1.54) is 12.8 Å². The summed E-state index contributed by atoms with van der Waals surface area (Å²) in [6.45, 7) is 11.6. The molecule has 2 aliphatic rings. The van der Waals surface area contributed by atoms with Gasteiger partial charge in [0.15, 0.2) is 0 Å². The molecule has 2 fully saturated rings. The SMILES string of the molecule is CC1CCC(CN)(NC(=O)C2C(C)(C)C2(C)C)CC1. The summed E-state index contributed by atoms with van der Waals surface area (Å²) in [7, 11) is 0. The number of hydrogen-bond acceptors (Lipinski definition) is 2. The Labute approximate surface area is 117 Å². The number of nitrogens with two attached hydrogens (primary N) is 1. The summed E-state index contributed by atoms with van der Waals surface area (Å²) in [4.78, 5) is 12.6. The van der Waals surface area contributed by atoms with E-state index in [-0.39, 0.29) is 28.2 Å². The number of nitrogens with one attached hydrogen (secondary N) is 1. The first-order valence-corrected chi connectivity index (χ1v) is 7.68. The molecule has 3 nitrogen and oxygen atoms in total. The zero-order chi connectivity index (χ0) is 14.5. The smallest absolute Gasteiger partial charge is 0.224 e. The van der Waals surface area contributed by atoms with Crippen molar-refractivity contribution in [3.8, 4) is 0 Å². The molecule has 0 unspecified atom stereocenters. The molecular weight excluding hydrogens is 236 g/mol. The second kappa shape index (κ2) is 4.47. The van der Waals surface area contributed by atoms with Crippen LogP contribution in [0.3, 0.4) is 0 Å². The van der Waals surface area contributed by atoms with Gasteiger partial charge in [-0.2, -0.15) is 0 Å². The molecule has 0 atom stereocenters. The quantitative estimate of drug-likeness (QED) is 0.825. The van der Waals surface area contributed by atoms with Crippen molar-refractivity contribution in [2.24, 2.45) is 28.4 Å². The highest BCUT2D eigenvalue weighted by Gasteiger charge is 2.68. The first-order chi connectivity index (χ1) is 8.66. The first kappa shape index (κ1) is 14.8. The highest BCUT2D eigenvalue weighted by molar-refractivity contribution is 5.84. The average molecular weight is 266 g/mol. The van der Waals surface area contributed by atoms with Crippen molar-refractivity contribution < 1.29 is 4.79 Å². The Morgan fingerprint density at radius 3 is 2.00 bits per heavy atom. The molecule has 2 aliphatic carbocycles. The lowest BCUT2D eigenvalue weighted by Crippen LogP contribution is -2.56. The van der Waals surface area contributed by atoms with Gasteiger partial charge in [-0.05, 0) is 42.4 Å². The molecule has 0 heterocycles. The molecule has 2 saturated carbocycles. The lowest BCUT2D eigenvalue weighted by Gasteiger charge is -2.39. The van der Waals surface area contributed by atoms with Gasteiger partial charge in [0, 0.05) is 12.5 Å². The molecule has 0 radical (unpaired) electrons. The zero-order valence-corrected chi connectivity index (χ0v) is 13.2. The van der Waals surface area contributed by atoms with Crippen LogP contribution in [0, 0.1) is 22.7 Å². The number of carbonyl (C=O) groups excluding carboxylic acids is 1. The minimum Gasteiger partial charge on any atom is -0.349 e. The third-order valence-corrected chi connectivity index (χ3v) is 6.29. The normalized spacial score (nSPS) is 36.8. The Morgan fingerprint density at radius 2 is 1.63 bits per heavy atom. The average Bonchev–Trinajstić information content (AvgIpc) is 2.73. The van der Waals surface area contributed by atoms with E-state index in [9.17, 15) is 4.79 Å². The fourth-order valence-corrected chi connectivity index (χ4v) is 3.88. The Kier molecular flexibility index (Phi) is 3.49. The Balaban J connectivity index is 2.02. The summed E-state index contributed by atoms with van der Waals surface area (Å²) in [5.74, 6) is 1.11. The highest BCUT2D eigenvalue weighted by Crippen LogP contribution is 2.68. The van der Waals surface area contributed by atoms with Gasteiger partial charge in [0.2, 0.25) is 5.91 Å². The van der Waals surface area contributed by atoms with Gasteiger partial charge in [-0.15, -0.1) is 0 Å². The lowest BCUT2D eigenvalue weighted by molar-refractivity contribution is -0.125. The first-order valence-electron chi connectivity index (χ1n) is 7.68. The second-order valence-corrected chi connectivity index (χ2v) is 8.03. The Morgan fingerprint density at radius 1 is 1.16 bits per heavy atom. The van der Waals surface area contributed by atoms with E-state index < -0.39 is 0 Å². The van der Waals surface area contributed by atoms with Crippen LogP contribution >= 0.6 is 0 Å². The molecule has 3 heteroatoms. The van der Waals surface area contributed by atoms with Crippen molar-refractivity contribution in [2.75, 3.05) is 6.54 Å². The maximum absolute atomic E-state index is 12.6. The third-order valence-electron chi connectivity index (χ3n) is 6.29. The van der Waals surface area contributed by atoms with Crippen LogP contribution in [-0.2, 0) is 4.79 Å². The van der Waals surface area contributed by atoms with Crippen LogP contribution in [-0.4, -0.2) is 18.0 Å². The van der Waals surface area contributed by atoms with Crippen LogP contribution in [0.25, 0.3) is 0 Å². The van der Waals surface area contributed by atoms with Crippen molar-refractivity contribution in [3.63, 3.8) is 0 Å². The van der Waals surface area contributed by atoms with Crippen LogP contribution in [0.15, 0.2) is 0 Å². The monoisotopic (exact) mass is 266 g/mol. The zero-order valence-electron chi connectivity index (χ0n) is 13.2. The van der Waals surface area contributed by atoms with E-state index in [4.69, 9.17) is 5.73 Å². The van der Waals surface area contributed by atoms with E-state index in [1.807, 2.05) is 0 Å². The molecular formula is C16H30N2O. The summed E-state index contributed by atoms with van der Waals surface area (Å²) < 4.78 is 0. The van der Waals surface area contributed by atoms with Crippen LogP contribution in [0.1, 0.15) is 60.3 Å². The summed E-state index contributed by atoms with van der Waals surface area (Å²) in [5, 5.41) is 3.31. The van der Waals surface area contributed by atoms with Crippen molar-refractivity contribution in [1.29, 1.82) is 0 Å². The van der Waals surface area contributed by atoms with Gasteiger partial charge in [0.05, 0.1) is 5.54 Å². The van der Waals surface area contributed by atoms with Gasteiger partial charge in [0.1, 0.15) is 0 Å². The van der Waals surface area contributed by atoms with Crippen molar-refractivity contribution in [2.45, 2.75) is 65.8 Å². The number of amides is 1. The van der Waals surface area contributed by atoms with E-state index in [2.05, 4.69) is 39.9 Å². The van der Waals surface area contributed by atoms with Crippen molar-refractivity contribution in [3.05, 3.63) is 0 Å². The fraction of sp³-hybridized carbons (Fsp3) is 0.938. The Bertz CT molecular complexity index is 351. The predicted molar refractivity (Wildman–Crippen MR) is 78.6 cm³/mol. The number of carbonyl (C=O) groups is 1. The molecule has 0 aromatic rings. The van der Waals surface area contributed by atoms with Crippen LogP contribution in [0.4, 0.5) is 0 Å². The molecule has 0 saturated heterocycles. The number of rotatable bonds is 3. The van der Waals surface area contributed by atoms with Crippen LogP contribution in [0.5, 0.6) is 0 Å². The third kappa shape index (κ3) is 2.31. The highest BCUT2D eigenvalue weighted by atomic mass is 16.2. The molecule has 19 heavy (non-hydrogen) atoms. The topological polar surface area (TPSA) is 55.1 Å². The minimum absolute atomic E-state index is 0.106. The molecule has 0 bridgehead atoms. The molecule has 0 aliphatic heterocycles. The molecule has 110 valence electrons. The molecule has 2 rings (SSSR count). The predicted octanol–water partition coefficient (Wildman–Crippen LogP) is 2.69. The van der Waals surface area contributed by atoms with E-state index in [0.29, 0.717) is 6.54 Å². The van der Waals surface area contributed by atoms with Gasteiger partial charge in [-0.25, -0.2) is 0 Å². The fourth-order valence-electron chi connectivity index (χ4n) is 3.88. The van der Waals surface area contributed by atoms with Crippen LogP contribution < -0.4 is 11.1 Å². The van der Waals surface area contributed by atoms with Gasteiger partial charge in [-0.3, -0.25) is 4.79 Å². The lowest BCUT2D eigenvalue weighted by atomic mass is 9.77. The standard InChI is InChI=1S/C16H30N2O/c1-11-6-8-16(10-17,9-7-11)18-13(19)12-14(2,3)15(12,4)5/h11-12H,6-10,17H2,1-5H3,(H,18,19). The minimum atomic E-state index is -0.141. The molecule has 0 aromatic heterocycles. The summed E-state index contributed by atoms with van der Waals surface area (Å²) in [5.41, 5.74) is 6.04. The Hall–Kier alpha value is -0.570. The van der Waals surface area contributed by atoms with Gasteiger partial charge in [-0.1, -0.05) is 34.6 Å². The van der Waals surface area contributed by atoms with E-state index in [1.54, 1.807) is 0 Å². The second-order valence-electron chi connectivity index (χ2n) is 8.03. The van der Waals surface area contributed by atoms with Crippen molar-refractivity contribution >= 4 is 5.91 Å². The van der Waals surface area contributed by atoms with Gasteiger partial charge < -0.3 is 11.1 Å². The van der Waals surface area contributed by atoms with Crippen molar-refractivity contribution in [1.82, 2.24) is 5.32 Å². The van der Waals surface area contributed by atoms with Gasteiger partial charge >= 0.3 is 0 Å².